The second kappa shape index (κ2) is 10.6. The molecular weight excluding hydrogens is 497 g/mol. The van der Waals surface area contributed by atoms with Gasteiger partial charge in [-0.2, -0.15) is 0 Å². The highest BCUT2D eigenvalue weighted by molar-refractivity contribution is 6.75. The van der Waals surface area contributed by atoms with Crippen molar-refractivity contribution in [2.45, 2.75) is 147 Å². The highest BCUT2D eigenvalue weighted by atomic mass is 28.4. The van der Waals surface area contributed by atoms with Crippen LogP contribution in [-0.4, -0.2) is 73.8 Å². The third kappa shape index (κ3) is 7.49. The molecule has 0 aromatic carbocycles. The van der Waals surface area contributed by atoms with E-state index in [0.29, 0.717) is 0 Å². The van der Waals surface area contributed by atoms with Gasteiger partial charge in [0.1, 0.15) is 18.3 Å². The number of rotatable bonds is 7. The lowest BCUT2D eigenvalue weighted by molar-refractivity contribution is -0.271. The van der Waals surface area contributed by atoms with E-state index in [1.54, 1.807) is 0 Å². The average molecular weight is 551 g/mol. The summed E-state index contributed by atoms with van der Waals surface area (Å²) >= 11 is 0. The molecule has 35 heavy (non-hydrogen) atoms. The predicted molar refractivity (Wildman–Crippen MR) is 149 cm³/mol. The van der Waals surface area contributed by atoms with Crippen molar-refractivity contribution in [3.8, 4) is 0 Å². The summed E-state index contributed by atoms with van der Waals surface area (Å²) in [6, 6.07) is 0. The molecule has 0 saturated carbocycles. The van der Waals surface area contributed by atoms with Crippen LogP contribution < -0.4 is 0 Å². The first kappa shape index (κ1) is 32.9. The van der Waals surface area contributed by atoms with E-state index in [9.17, 15) is 9.90 Å². The first-order valence-electron chi connectivity index (χ1n) is 12.7. The van der Waals surface area contributed by atoms with E-state index in [-0.39, 0.29) is 15.1 Å². The minimum absolute atomic E-state index is 0.0940. The summed E-state index contributed by atoms with van der Waals surface area (Å²) in [5, 5.41) is 10.9. The van der Waals surface area contributed by atoms with Crippen LogP contribution in [0.15, 0.2) is 0 Å². The van der Waals surface area contributed by atoms with Crippen molar-refractivity contribution in [3.63, 3.8) is 0 Å². The first-order valence-corrected chi connectivity index (χ1v) is 21.5. The van der Waals surface area contributed by atoms with Crippen LogP contribution in [0.5, 0.6) is 0 Å². The van der Waals surface area contributed by atoms with Crippen LogP contribution in [0.3, 0.4) is 0 Å². The van der Waals surface area contributed by atoms with Gasteiger partial charge in [0, 0.05) is 0 Å². The summed E-state index contributed by atoms with van der Waals surface area (Å²) in [4.78, 5) is 12.9. The van der Waals surface area contributed by atoms with Crippen LogP contribution in [0.25, 0.3) is 0 Å². The van der Waals surface area contributed by atoms with Crippen molar-refractivity contribution >= 4 is 30.9 Å². The van der Waals surface area contributed by atoms with Crippen molar-refractivity contribution in [3.05, 3.63) is 0 Å². The van der Waals surface area contributed by atoms with Crippen LogP contribution >= 0.6 is 0 Å². The molecule has 0 amide bonds. The maximum Gasteiger partial charge on any atom is 0.337 e. The van der Waals surface area contributed by atoms with E-state index in [1.165, 1.54) is 7.11 Å². The number of hydrogen-bond donors (Lipinski definition) is 1. The quantitative estimate of drug-likeness (QED) is 0.305. The number of aliphatic hydroxyl groups is 1. The minimum Gasteiger partial charge on any atom is -0.467 e. The highest BCUT2D eigenvalue weighted by Gasteiger charge is 2.57. The standard InChI is InChI=1S/C25H54O7Si3/c1-23(2,3)33(11,12)30-17-18(31-34(13,14)24(4,5)6)20(32-35(15,16)25(7,8)9)22(27)29-19(17)21(26)28-10/h17-20,22,27H,1-16H3/t17-,18-,19-,20+,22?/m0/s1. The normalized spacial score (nSPS) is 27.6. The summed E-state index contributed by atoms with van der Waals surface area (Å²) in [5.74, 6) is -0.581. The topological polar surface area (TPSA) is 83.5 Å². The molecule has 0 spiro atoms. The highest BCUT2D eigenvalue weighted by Crippen LogP contribution is 2.45. The number of carbonyl (C=O) groups excluding carboxylic acids is 1. The summed E-state index contributed by atoms with van der Waals surface area (Å²) < 4.78 is 31.6. The largest absolute Gasteiger partial charge is 0.467 e. The number of aliphatic hydroxyl groups excluding tert-OH is 1. The predicted octanol–water partition coefficient (Wildman–Crippen LogP) is 6.05. The summed E-state index contributed by atoms with van der Waals surface area (Å²) in [5.41, 5.74) is 0. The second-order valence-corrected chi connectivity index (χ2v) is 28.8. The van der Waals surface area contributed by atoms with E-state index >= 15 is 0 Å². The van der Waals surface area contributed by atoms with Crippen LogP contribution in [0.1, 0.15) is 62.3 Å². The second-order valence-electron chi connectivity index (χ2n) is 14.5. The molecule has 10 heteroatoms. The van der Waals surface area contributed by atoms with Gasteiger partial charge in [-0.15, -0.1) is 0 Å². The molecule has 7 nitrogen and oxygen atoms in total. The smallest absolute Gasteiger partial charge is 0.337 e. The molecule has 1 rings (SSSR count). The van der Waals surface area contributed by atoms with Crippen molar-refractivity contribution in [1.29, 1.82) is 0 Å². The molecule has 1 heterocycles. The Morgan fingerprint density at radius 2 is 0.971 bits per heavy atom. The van der Waals surface area contributed by atoms with Crippen molar-refractivity contribution in [2.24, 2.45) is 0 Å². The van der Waals surface area contributed by atoms with Gasteiger partial charge in [-0.25, -0.2) is 4.79 Å². The van der Waals surface area contributed by atoms with Crippen LogP contribution in [0.4, 0.5) is 0 Å². The fourth-order valence-corrected chi connectivity index (χ4v) is 6.95. The lowest BCUT2D eigenvalue weighted by atomic mass is 9.99. The monoisotopic (exact) mass is 550 g/mol. The van der Waals surface area contributed by atoms with Crippen molar-refractivity contribution in [1.82, 2.24) is 0 Å². The molecule has 1 aliphatic rings. The molecule has 5 atom stereocenters. The molecule has 1 saturated heterocycles. The SMILES string of the molecule is COC(=O)[C@H]1OC(O)[C@H](O[Si](C)(C)C(C)(C)C)[C@@H](O[Si](C)(C)C(C)(C)C)[C@@H]1O[Si](C)(C)C(C)(C)C. The van der Waals surface area contributed by atoms with Gasteiger partial charge in [0.05, 0.1) is 7.11 Å². The third-order valence-electron chi connectivity index (χ3n) is 8.66. The summed E-state index contributed by atoms with van der Waals surface area (Å²) in [7, 11) is -5.77. The van der Waals surface area contributed by atoms with Gasteiger partial charge in [-0.05, 0) is 54.4 Å². The molecular formula is C25H54O7Si3. The number of hydrogen-bond acceptors (Lipinski definition) is 7. The van der Waals surface area contributed by atoms with Gasteiger partial charge in [-0.1, -0.05) is 62.3 Å². The van der Waals surface area contributed by atoms with Crippen molar-refractivity contribution < 1.29 is 32.7 Å². The number of esters is 1. The van der Waals surface area contributed by atoms with Gasteiger partial charge < -0.3 is 27.9 Å². The van der Waals surface area contributed by atoms with Crippen molar-refractivity contribution in [2.75, 3.05) is 7.11 Å². The van der Waals surface area contributed by atoms with Crippen LogP contribution in [0.2, 0.25) is 54.4 Å². The molecule has 0 aromatic rings. The van der Waals surface area contributed by atoms with Gasteiger partial charge in [0.2, 0.25) is 0 Å². The van der Waals surface area contributed by atoms with Gasteiger partial charge in [0.15, 0.2) is 37.3 Å². The Labute approximate surface area is 218 Å². The fraction of sp³-hybridized carbons (Fsp3) is 0.960. The number of methoxy groups -OCH3 is 1. The van der Waals surface area contributed by atoms with E-state index in [4.69, 9.17) is 22.8 Å². The zero-order chi connectivity index (χ0) is 28.0. The van der Waals surface area contributed by atoms with Crippen LogP contribution in [-0.2, 0) is 27.5 Å². The average Bonchev–Trinajstić information content (AvgIpc) is 2.62. The molecule has 1 aliphatic heterocycles. The molecule has 1 fully saturated rings. The first-order chi connectivity index (χ1) is 15.3. The molecule has 0 bridgehead atoms. The Hall–Kier alpha value is -0.0794. The van der Waals surface area contributed by atoms with E-state index in [2.05, 4.69) is 102 Å². The lowest BCUT2D eigenvalue weighted by Crippen LogP contribution is -2.68. The van der Waals surface area contributed by atoms with E-state index in [1.807, 2.05) is 0 Å². The maximum atomic E-state index is 12.9. The van der Waals surface area contributed by atoms with E-state index in [0.717, 1.165) is 0 Å². The lowest BCUT2D eigenvalue weighted by Gasteiger charge is -2.53. The fourth-order valence-electron chi connectivity index (χ4n) is 3.07. The molecule has 0 aliphatic carbocycles. The third-order valence-corrected chi connectivity index (χ3v) is 22.1. The molecule has 208 valence electrons. The Morgan fingerprint density at radius 1 is 0.657 bits per heavy atom. The Kier molecular flexibility index (Phi) is 9.97. The maximum absolute atomic E-state index is 12.9. The zero-order valence-electron chi connectivity index (χ0n) is 25.3. The Morgan fingerprint density at radius 3 is 1.29 bits per heavy atom. The molecule has 1 unspecified atom stereocenters. The van der Waals surface area contributed by atoms with Gasteiger partial charge in [0.25, 0.3) is 0 Å². The molecule has 0 radical (unpaired) electrons. The van der Waals surface area contributed by atoms with Gasteiger partial charge >= 0.3 is 5.97 Å². The number of ether oxygens (including phenoxy) is 2. The minimum atomic E-state index is -2.38. The summed E-state index contributed by atoms with van der Waals surface area (Å²) in [6.45, 7) is 32.3. The van der Waals surface area contributed by atoms with Crippen LogP contribution in [0, 0.1) is 0 Å². The number of carbonyl (C=O) groups is 1. The Balaban J connectivity index is 3.72. The molecule has 1 N–H and O–H groups in total. The van der Waals surface area contributed by atoms with E-state index < -0.39 is 61.6 Å². The summed E-state index contributed by atoms with van der Waals surface area (Å²) in [6.07, 6.45) is -4.70. The zero-order valence-corrected chi connectivity index (χ0v) is 28.3. The Bertz CT molecular complexity index is 733. The molecule has 0 aromatic heterocycles. The van der Waals surface area contributed by atoms with Gasteiger partial charge in [-0.3, -0.25) is 0 Å².